The van der Waals surface area contributed by atoms with E-state index in [1.807, 2.05) is 97.5 Å². The Labute approximate surface area is 299 Å². The number of fused-ring (bicyclic) bond motifs is 3. The van der Waals surface area contributed by atoms with Crippen molar-refractivity contribution in [1.82, 2.24) is 34.1 Å². The molecular weight excluding hydrogens is 639 g/mol. The molecule has 244 valence electrons. The molecule has 10 rings (SSSR count). The number of aromatic nitrogens is 7. The Morgan fingerprint density at radius 2 is 0.885 bits per heavy atom. The summed E-state index contributed by atoms with van der Waals surface area (Å²) in [5.74, 6) is 1.76. The minimum absolute atomic E-state index is 0.841. The van der Waals surface area contributed by atoms with Crippen molar-refractivity contribution >= 4 is 33.0 Å². The first-order valence-corrected chi connectivity index (χ1v) is 17.2. The van der Waals surface area contributed by atoms with Gasteiger partial charge in [0.05, 0.1) is 62.7 Å². The maximum absolute atomic E-state index is 5.00. The first-order chi connectivity index (χ1) is 25.8. The molecule has 0 unspecified atom stereocenters. The standard InChI is InChI=1S/C45H29N7/c1-3-12-30(13-4-1)44-49-39-17-7-9-19-41(39)51(44)32-21-25-37(47-28-32)34-23-24-36(43-35(34)16-11-27-46-43)38-26-22-33(29-48-38)52-42-20-10-8-18-40(42)50-45(52)31-14-5-2-6-15-31/h1-29H. The molecule has 0 atom stereocenters. The van der Waals surface area contributed by atoms with Gasteiger partial charge < -0.3 is 0 Å². The Bertz CT molecular complexity index is 2680. The molecule has 0 aliphatic heterocycles. The third-order valence-corrected chi connectivity index (χ3v) is 9.52. The number of para-hydroxylation sites is 4. The first-order valence-electron chi connectivity index (χ1n) is 17.2. The summed E-state index contributed by atoms with van der Waals surface area (Å²) in [6.07, 6.45) is 5.68. The molecule has 10 aromatic rings. The Morgan fingerprint density at radius 1 is 0.385 bits per heavy atom. The summed E-state index contributed by atoms with van der Waals surface area (Å²) in [5, 5.41) is 1.01. The Hall–Kier alpha value is -7.25. The van der Waals surface area contributed by atoms with Crippen LogP contribution in [0.5, 0.6) is 0 Å². The van der Waals surface area contributed by atoms with E-state index in [9.17, 15) is 0 Å². The summed E-state index contributed by atoms with van der Waals surface area (Å²) < 4.78 is 4.35. The zero-order chi connectivity index (χ0) is 34.4. The Kier molecular flexibility index (Phi) is 6.99. The molecule has 7 nitrogen and oxygen atoms in total. The van der Waals surface area contributed by atoms with E-state index >= 15 is 0 Å². The second kappa shape index (κ2) is 12.3. The van der Waals surface area contributed by atoms with Gasteiger partial charge in [-0.2, -0.15) is 0 Å². The zero-order valence-corrected chi connectivity index (χ0v) is 27.9. The Morgan fingerprint density at radius 3 is 1.42 bits per heavy atom. The fraction of sp³-hybridized carbons (Fsp3) is 0. The molecule has 5 heterocycles. The van der Waals surface area contributed by atoms with E-state index in [1.165, 1.54) is 0 Å². The van der Waals surface area contributed by atoms with Crippen LogP contribution in [0.4, 0.5) is 0 Å². The highest BCUT2D eigenvalue weighted by atomic mass is 15.1. The average molecular weight is 668 g/mol. The molecule has 0 saturated carbocycles. The lowest BCUT2D eigenvalue weighted by molar-refractivity contribution is 1.08. The molecule has 0 amide bonds. The number of hydrogen-bond donors (Lipinski definition) is 0. The maximum Gasteiger partial charge on any atom is 0.145 e. The van der Waals surface area contributed by atoms with Gasteiger partial charge in [-0.15, -0.1) is 0 Å². The van der Waals surface area contributed by atoms with Crippen molar-refractivity contribution in [3.63, 3.8) is 0 Å². The highest BCUT2D eigenvalue weighted by Crippen LogP contribution is 2.35. The van der Waals surface area contributed by atoms with Gasteiger partial charge in [-0.25, -0.2) is 9.97 Å². The molecule has 0 spiro atoms. The molecule has 0 bridgehead atoms. The van der Waals surface area contributed by atoms with E-state index in [2.05, 4.69) is 88.0 Å². The van der Waals surface area contributed by atoms with Crippen LogP contribution in [0.15, 0.2) is 176 Å². The lowest BCUT2D eigenvalue weighted by Crippen LogP contribution is -1.99. The normalized spacial score (nSPS) is 11.5. The van der Waals surface area contributed by atoms with Gasteiger partial charge in [-0.3, -0.25) is 24.1 Å². The van der Waals surface area contributed by atoms with E-state index < -0.39 is 0 Å². The van der Waals surface area contributed by atoms with Gasteiger partial charge in [0.1, 0.15) is 11.6 Å². The van der Waals surface area contributed by atoms with Crippen molar-refractivity contribution in [1.29, 1.82) is 0 Å². The fourth-order valence-corrected chi connectivity index (χ4v) is 7.09. The van der Waals surface area contributed by atoms with Crippen LogP contribution in [0.1, 0.15) is 0 Å². The second-order valence-electron chi connectivity index (χ2n) is 12.6. The van der Waals surface area contributed by atoms with Gasteiger partial charge in [0, 0.05) is 33.8 Å². The van der Waals surface area contributed by atoms with Crippen molar-refractivity contribution in [2.24, 2.45) is 0 Å². The molecule has 0 N–H and O–H groups in total. The number of nitrogens with zero attached hydrogens (tertiary/aromatic N) is 7. The van der Waals surface area contributed by atoms with Gasteiger partial charge in [0.25, 0.3) is 0 Å². The summed E-state index contributed by atoms with van der Waals surface area (Å²) in [6, 6.07) is 53.6. The lowest BCUT2D eigenvalue weighted by atomic mass is 9.99. The number of benzene rings is 5. The van der Waals surface area contributed by atoms with Gasteiger partial charge in [-0.05, 0) is 60.7 Å². The Balaban J connectivity index is 1.03. The maximum atomic E-state index is 5.00. The van der Waals surface area contributed by atoms with Crippen LogP contribution < -0.4 is 0 Å². The highest BCUT2D eigenvalue weighted by Gasteiger charge is 2.18. The van der Waals surface area contributed by atoms with Crippen molar-refractivity contribution in [3.8, 4) is 56.7 Å². The van der Waals surface area contributed by atoms with Crippen LogP contribution in [0.2, 0.25) is 0 Å². The van der Waals surface area contributed by atoms with Crippen molar-refractivity contribution < 1.29 is 0 Å². The quantitative estimate of drug-likeness (QED) is 0.176. The van der Waals surface area contributed by atoms with E-state index in [-0.39, 0.29) is 0 Å². The third-order valence-electron chi connectivity index (χ3n) is 9.52. The number of pyridine rings is 3. The summed E-state index contributed by atoms with van der Waals surface area (Å²) in [5.41, 5.74) is 12.5. The SMILES string of the molecule is c1ccc(-c2nc3ccccc3n2-c2ccc(-c3ccc(-c4ccc(-n5c(-c6ccccc6)nc6ccccc65)cn4)c4ncccc34)nc2)cc1. The van der Waals surface area contributed by atoms with Crippen LogP contribution >= 0.6 is 0 Å². The van der Waals surface area contributed by atoms with Crippen LogP contribution in [0, 0.1) is 0 Å². The fourth-order valence-electron chi connectivity index (χ4n) is 7.09. The zero-order valence-electron chi connectivity index (χ0n) is 27.9. The van der Waals surface area contributed by atoms with E-state index in [0.717, 1.165) is 89.6 Å². The van der Waals surface area contributed by atoms with Gasteiger partial charge >= 0.3 is 0 Å². The first kappa shape index (κ1) is 29.6. The van der Waals surface area contributed by atoms with E-state index in [1.54, 1.807) is 0 Å². The van der Waals surface area contributed by atoms with Crippen molar-refractivity contribution in [3.05, 3.63) is 176 Å². The predicted octanol–water partition coefficient (Wildman–Crippen LogP) is 10.4. The molecule has 0 aliphatic rings. The van der Waals surface area contributed by atoms with E-state index in [0.29, 0.717) is 0 Å². The van der Waals surface area contributed by atoms with Crippen LogP contribution in [-0.2, 0) is 0 Å². The van der Waals surface area contributed by atoms with Crippen LogP contribution in [0.3, 0.4) is 0 Å². The third kappa shape index (κ3) is 4.95. The molecule has 5 aromatic heterocycles. The van der Waals surface area contributed by atoms with Gasteiger partial charge in [0.15, 0.2) is 0 Å². The summed E-state index contributed by atoms with van der Waals surface area (Å²) in [7, 11) is 0. The molecule has 0 fully saturated rings. The smallest absolute Gasteiger partial charge is 0.145 e. The molecule has 5 aromatic carbocycles. The highest BCUT2D eigenvalue weighted by molar-refractivity contribution is 6.01. The molecular formula is C45H29N7. The van der Waals surface area contributed by atoms with Gasteiger partial charge in [0.2, 0.25) is 0 Å². The minimum atomic E-state index is 0.841. The number of rotatable bonds is 6. The second-order valence-corrected chi connectivity index (χ2v) is 12.6. The molecule has 52 heavy (non-hydrogen) atoms. The lowest BCUT2D eigenvalue weighted by Gasteiger charge is -2.13. The minimum Gasteiger partial charge on any atom is -0.291 e. The molecule has 0 aliphatic carbocycles. The average Bonchev–Trinajstić information content (AvgIpc) is 3.81. The molecule has 0 radical (unpaired) electrons. The number of imidazole rings is 2. The summed E-state index contributed by atoms with van der Waals surface area (Å²) >= 11 is 0. The number of hydrogen-bond acceptors (Lipinski definition) is 5. The van der Waals surface area contributed by atoms with Crippen molar-refractivity contribution in [2.45, 2.75) is 0 Å². The summed E-state index contributed by atoms with van der Waals surface area (Å²) in [4.78, 5) is 24.8. The summed E-state index contributed by atoms with van der Waals surface area (Å²) in [6.45, 7) is 0. The van der Waals surface area contributed by atoms with Crippen molar-refractivity contribution in [2.75, 3.05) is 0 Å². The van der Waals surface area contributed by atoms with E-state index in [4.69, 9.17) is 24.9 Å². The monoisotopic (exact) mass is 667 g/mol. The molecule has 7 heteroatoms. The van der Waals surface area contributed by atoms with Crippen LogP contribution in [0.25, 0.3) is 89.6 Å². The topological polar surface area (TPSA) is 74.3 Å². The predicted molar refractivity (Wildman–Crippen MR) is 208 cm³/mol. The molecule has 0 saturated heterocycles. The largest absolute Gasteiger partial charge is 0.291 e. The van der Waals surface area contributed by atoms with Gasteiger partial charge in [-0.1, -0.05) is 97.1 Å². The van der Waals surface area contributed by atoms with Crippen LogP contribution in [-0.4, -0.2) is 34.1 Å².